The molecule has 0 aliphatic rings. The van der Waals surface area contributed by atoms with Gasteiger partial charge < -0.3 is 10.1 Å². The van der Waals surface area contributed by atoms with Crippen LogP contribution in [0.15, 0.2) is 36.4 Å². The quantitative estimate of drug-likeness (QED) is 0.703. The Hall–Kier alpha value is -2.68. The zero-order valence-electron chi connectivity index (χ0n) is 16.7. The first kappa shape index (κ1) is 22.6. The van der Waals surface area contributed by atoms with Gasteiger partial charge in [-0.3, -0.25) is 9.10 Å². The maximum absolute atomic E-state index is 13.5. The number of aryl methyl sites for hydroxylation is 1. The molecule has 1 N–H and O–H groups in total. The first-order valence-electron chi connectivity index (χ1n) is 8.93. The topological polar surface area (TPSA) is 75.7 Å². The first-order chi connectivity index (χ1) is 13.6. The fourth-order valence-electron chi connectivity index (χ4n) is 2.95. The average Bonchev–Trinajstić information content (AvgIpc) is 2.65. The average molecular weight is 426 g/mol. The Labute approximate surface area is 169 Å². The molecule has 2 rings (SSSR count). The Morgan fingerprint density at radius 3 is 2.38 bits per heavy atom. The van der Waals surface area contributed by atoms with Gasteiger partial charge in [0.2, 0.25) is 15.9 Å². The van der Waals surface area contributed by atoms with Crippen molar-refractivity contribution in [3.05, 3.63) is 59.2 Å². The van der Waals surface area contributed by atoms with E-state index in [9.17, 15) is 22.0 Å². The third kappa shape index (κ3) is 5.66. The molecule has 0 heterocycles. The predicted octanol–water partition coefficient (Wildman–Crippen LogP) is 3.32. The number of anilines is 1. The van der Waals surface area contributed by atoms with Gasteiger partial charge >= 0.3 is 0 Å². The van der Waals surface area contributed by atoms with Gasteiger partial charge in [0, 0.05) is 6.07 Å². The van der Waals surface area contributed by atoms with Crippen molar-refractivity contribution in [3.8, 4) is 5.75 Å². The summed E-state index contributed by atoms with van der Waals surface area (Å²) in [5, 5.41) is 2.79. The summed E-state index contributed by atoms with van der Waals surface area (Å²) in [6.07, 6.45) is 1.47. The van der Waals surface area contributed by atoms with Gasteiger partial charge in [0.1, 0.15) is 12.3 Å². The molecule has 0 unspecified atom stereocenters. The van der Waals surface area contributed by atoms with Crippen LogP contribution in [0, 0.1) is 18.6 Å². The second kappa shape index (κ2) is 9.21. The van der Waals surface area contributed by atoms with Crippen LogP contribution in [0.4, 0.5) is 14.5 Å². The van der Waals surface area contributed by atoms with E-state index < -0.39 is 34.1 Å². The zero-order chi connectivity index (χ0) is 21.8. The SMILES string of the molecule is CC[C@@H](NC(=O)CN(c1ccc(F)c(F)c1)S(C)(=O)=O)c1ccc(OC)c(C)c1. The van der Waals surface area contributed by atoms with Crippen LogP contribution in [0.2, 0.25) is 0 Å². The minimum Gasteiger partial charge on any atom is -0.496 e. The summed E-state index contributed by atoms with van der Waals surface area (Å²) in [7, 11) is -2.33. The minimum absolute atomic E-state index is 0.130. The molecule has 0 radical (unpaired) electrons. The molecule has 2 aromatic carbocycles. The highest BCUT2D eigenvalue weighted by molar-refractivity contribution is 7.92. The van der Waals surface area contributed by atoms with Gasteiger partial charge in [-0.05, 0) is 42.7 Å². The molecule has 0 bridgehead atoms. The highest BCUT2D eigenvalue weighted by Crippen LogP contribution is 2.25. The molecule has 9 heteroatoms. The van der Waals surface area contributed by atoms with Crippen LogP contribution in [-0.2, 0) is 14.8 Å². The van der Waals surface area contributed by atoms with E-state index in [2.05, 4.69) is 5.32 Å². The number of nitrogens with zero attached hydrogens (tertiary/aromatic N) is 1. The number of hydrogen-bond acceptors (Lipinski definition) is 4. The maximum atomic E-state index is 13.5. The Morgan fingerprint density at radius 2 is 1.86 bits per heavy atom. The number of halogens is 2. The predicted molar refractivity (Wildman–Crippen MR) is 107 cm³/mol. The van der Waals surface area contributed by atoms with E-state index in [0.717, 1.165) is 45.6 Å². The van der Waals surface area contributed by atoms with Gasteiger partial charge in [0.15, 0.2) is 11.6 Å². The molecule has 29 heavy (non-hydrogen) atoms. The lowest BCUT2D eigenvalue weighted by Crippen LogP contribution is -2.41. The van der Waals surface area contributed by atoms with Crippen LogP contribution in [-0.4, -0.2) is 34.2 Å². The molecule has 6 nitrogen and oxygen atoms in total. The van der Waals surface area contributed by atoms with Crippen molar-refractivity contribution in [2.75, 3.05) is 24.2 Å². The summed E-state index contributed by atoms with van der Waals surface area (Å²) < 4.78 is 56.9. The summed E-state index contributed by atoms with van der Waals surface area (Å²) in [4.78, 5) is 12.6. The van der Waals surface area contributed by atoms with E-state index in [1.54, 1.807) is 13.2 Å². The molecule has 0 aromatic heterocycles. The third-order valence-corrected chi connectivity index (χ3v) is 5.58. The minimum atomic E-state index is -3.90. The van der Waals surface area contributed by atoms with Crippen molar-refractivity contribution in [2.24, 2.45) is 0 Å². The molecule has 1 amide bonds. The number of methoxy groups -OCH3 is 1. The fraction of sp³-hybridized carbons (Fsp3) is 0.350. The van der Waals surface area contributed by atoms with E-state index in [4.69, 9.17) is 4.74 Å². The standard InChI is InChI=1S/C20H24F2N2O4S/c1-5-18(14-6-9-19(28-3)13(2)10-14)23-20(25)12-24(29(4,26)27)15-7-8-16(21)17(22)11-15/h6-11,18H,5,12H2,1-4H3,(H,23,25)/t18-/m1/s1. The summed E-state index contributed by atoms with van der Waals surface area (Å²) in [5.74, 6) is -2.15. The van der Waals surface area contributed by atoms with Crippen molar-refractivity contribution < 1.29 is 26.7 Å². The molecule has 0 saturated heterocycles. The summed E-state index contributed by atoms with van der Waals surface area (Å²) in [6, 6.07) is 7.82. The van der Waals surface area contributed by atoms with Crippen LogP contribution in [0.25, 0.3) is 0 Å². The van der Waals surface area contributed by atoms with Crippen LogP contribution in [0.3, 0.4) is 0 Å². The van der Waals surface area contributed by atoms with Crippen LogP contribution >= 0.6 is 0 Å². The van der Waals surface area contributed by atoms with Gasteiger partial charge in [-0.2, -0.15) is 0 Å². The molecule has 0 aliphatic carbocycles. The Bertz CT molecular complexity index is 996. The lowest BCUT2D eigenvalue weighted by molar-refractivity contribution is -0.120. The lowest BCUT2D eigenvalue weighted by atomic mass is 10.0. The fourth-order valence-corrected chi connectivity index (χ4v) is 3.80. The normalized spacial score (nSPS) is 12.3. The summed E-state index contributed by atoms with van der Waals surface area (Å²) in [6.45, 7) is 3.20. The van der Waals surface area contributed by atoms with E-state index in [-0.39, 0.29) is 11.7 Å². The zero-order valence-corrected chi connectivity index (χ0v) is 17.5. The van der Waals surface area contributed by atoms with Crippen molar-refractivity contribution in [1.29, 1.82) is 0 Å². The maximum Gasteiger partial charge on any atom is 0.241 e. The highest BCUT2D eigenvalue weighted by Gasteiger charge is 2.23. The van der Waals surface area contributed by atoms with Crippen LogP contribution in [0.1, 0.15) is 30.5 Å². The molecule has 0 saturated carbocycles. The number of nitrogens with one attached hydrogen (secondary N) is 1. The lowest BCUT2D eigenvalue weighted by Gasteiger charge is -2.24. The molecule has 0 aliphatic heterocycles. The molecule has 158 valence electrons. The smallest absolute Gasteiger partial charge is 0.241 e. The van der Waals surface area contributed by atoms with E-state index in [1.165, 1.54) is 0 Å². The summed E-state index contributed by atoms with van der Waals surface area (Å²) in [5.41, 5.74) is 1.62. The van der Waals surface area contributed by atoms with Gasteiger partial charge in [-0.1, -0.05) is 19.1 Å². The molecule has 2 aromatic rings. The summed E-state index contributed by atoms with van der Waals surface area (Å²) >= 11 is 0. The Kier molecular flexibility index (Phi) is 7.18. The number of carbonyl (C=O) groups is 1. The molecular weight excluding hydrogens is 402 g/mol. The molecule has 0 spiro atoms. The first-order valence-corrected chi connectivity index (χ1v) is 10.8. The number of sulfonamides is 1. The van der Waals surface area contributed by atoms with Crippen LogP contribution < -0.4 is 14.4 Å². The Balaban J connectivity index is 2.22. The number of benzene rings is 2. The van der Waals surface area contributed by atoms with Crippen LogP contribution in [0.5, 0.6) is 5.75 Å². The number of carbonyl (C=O) groups excluding carboxylic acids is 1. The van der Waals surface area contributed by atoms with Gasteiger partial charge in [0.05, 0.1) is 25.1 Å². The second-order valence-corrected chi connectivity index (χ2v) is 8.53. The van der Waals surface area contributed by atoms with Crippen molar-refractivity contribution >= 4 is 21.6 Å². The van der Waals surface area contributed by atoms with E-state index >= 15 is 0 Å². The highest BCUT2D eigenvalue weighted by atomic mass is 32.2. The van der Waals surface area contributed by atoms with Gasteiger partial charge in [0.25, 0.3) is 0 Å². The molecule has 0 fully saturated rings. The number of rotatable bonds is 8. The van der Waals surface area contributed by atoms with Crippen molar-refractivity contribution in [3.63, 3.8) is 0 Å². The third-order valence-electron chi connectivity index (χ3n) is 4.44. The number of hydrogen-bond donors (Lipinski definition) is 1. The van der Waals surface area contributed by atoms with E-state index in [0.29, 0.717) is 6.42 Å². The van der Waals surface area contributed by atoms with Gasteiger partial charge in [-0.25, -0.2) is 17.2 Å². The van der Waals surface area contributed by atoms with Crippen molar-refractivity contribution in [1.82, 2.24) is 5.32 Å². The largest absolute Gasteiger partial charge is 0.496 e. The monoisotopic (exact) mass is 426 g/mol. The molecular formula is C20H24F2N2O4S. The number of ether oxygens (including phenoxy) is 1. The number of amides is 1. The van der Waals surface area contributed by atoms with Crippen molar-refractivity contribution in [2.45, 2.75) is 26.3 Å². The van der Waals surface area contributed by atoms with Gasteiger partial charge in [-0.15, -0.1) is 0 Å². The Morgan fingerprint density at radius 1 is 1.17 bits per heavy atom. The second-order valence-electron chi connectivity index (χ2n) is 6.63. The van der Waals surface area contributed by atoms with E-state index in [1.807, 2.05) is 26.0 Å². The molecule has 1 atom stereocenters.